The van der Waals surface area contributed by atoms with E-state index in [1.807, 2.05) is 12.1 Å². The summed E-state index contributed by atoms with van der Waals surface area (Å²) in [6, 6.07) is 3.75. The van der Waals surface area contributed by atoms with Crippen LogP contribution in [0.2, 0.25) is 0 Å². The molecule has 2 rings (SSSR count). The van der Waals surface area contributed by atoms with Crippen molar-refractivity contribution in [1.29, 1.82) is 0 Å². The van der Waals surface area contributed by atoms with Gasteiger partial charge in [-0.3, -0.25) is 5.10 Å². The summed E-state index contributed by atoms with van der Waals surface area (Å²) >= 11 is 0. The fraction of sp³-hybridized carbons (Fsp3) is 0.385. The standard InChI is InChI=1S/C13H18N4O/c1-13(2,3)11-10(12(14)17-16-11)8-5-6-9(18-4)15-7-8/h5-7H,1-4H3,(H3,14,16,17). The van der Waals surface area contributed by atoms with Gasteiger partial charge in [0.2, 0.25) is 5.88 Å². The maximum absolute atomic E-state index is 5.96. The Labute approximate surface area is 106 Å². The number of nitrogen functional groups attached to an aromatic ring is 1. The van der Waals surface area contributed by atoms with Gasteiger partial charge in [-0.1, -0.05) is 20.8 Å². The maximum atomic E-state index is 5.96. The third-order valence-corrected chi connectivity index (χ3v) is 2.74. The summed E-state index contributed by atoms with van der Waals surface area (Å²) in [4.78, 5) is 4.20. The fourth-order valence-corrected chi connectivity index (χ4v) is 1.84. The molecule has 0 aliphatic heterocycles. The number of nitrogens with two attached hydrogens (primary N) is 1. The zero-order valence-corrected chi connectivity index (χ0v) is 11.1. The average Bonchev–Trinajstić information content (AvgIpc) is 2.71. The predicted molar refractivity (Wildman–Crippen MR) is 71.5 cm³/mol. The highest BCUT2D eigenvalue weighted by molar-refractivity contribution is 5.76. The van der Waals surface area contributed by atoms with Gasteiger partial charge in [-0.25, -0.2) is 4.98 Å². The van der Waals surface area contributed by atoms with E-state index in [1.165, 1.54) is 0 Å². The van der Waals surface area contributed by atoms with Crippen LogP contribution in [0.5, 0.6) is 5.88 Å². The monoisotopic (exact) mass is 246 g/mol. The minimum atomic E-state index is -0.0800. The van der Waals surface area contributed by atoms with Crippen molar-refractivity contribution in [3.05, 3.63) is 24.0 Å². The van der Waals surface area contributed by atoms with Crippen LogP contribution in [-0.2, 0) is 5.41 Å². The van der Waals surface area contributed by atoms with E-state index >= 15 is 0 Å². The van der Waals surface area contributed by atoms with Crippen molar-refractivity contribution in [2.24, 2.45) is 0 Å². The van der Waals surface area contributed by atoms with Crippen LogP contribution in [-0.4, -0.2) is 22.3 Å². The smallest absolute Gasteiger partial charge is 0.212 e. The molecule has 0 unspecified atom stereocenters. The zero-order chi connectivity index (χ0) is 13.3. The molecule has 0 saturated carbocycles. The maximum Gasteiger partial charge on any atom is 0.212 e. The van der Waals surface area contributed by atoms with Gasteiger partial charge in [-0.05, 0) is 6.07 Å². The number of H-pyrrole nitrogens is 1. The lowest BCUT2D eigenvalue weighted by atomic mass is 9.87. The largest absolute Gasteiger partial charge is 0.481 e. The van der Waals surface area contributed by atoms with Gasteiger partial charge in [0.15, 0.2) is 0 Å². The van der Waals surface area contributed by atoms with Crippen LogP contribution in [0, 0.1) is 0 Å². The number of aromatic amines is 1. The number of aromatic nitrogens is 3. The highest BCUT2D eigenvalue weighted by Gasteiger charge is 2.24. The molecular weight excluding hydrogens is 228 g/mol. The van der Waals surface area contributed by atoms with Crippen LogP contribution < -0.4 is 10.5 Å². The van der Waals surface area contributed by atoms with Crippen molar-refractivity contribution in [3.63, 3.8) is 0 Å². The first-order valence-corrected chi connectivity index (χ1v) is 5.78. The second-order valence-corrected chi connectivity index (χ2v) is 5.20. The Kier molecular flexibility index (Phi) is 2.98. The molecule has 18 heavy (non-hydrogen) atoms. The van der Waals surface area contributed by atoms with Crippen molar-refractivity contribution in [2.45, 2.75) is 26.2 Å². The van der Waals surface area contributed by atoms with Gasteiger partial charge in [0.1, 0.15) is 5.82 Å². The third-order valence-electron chi connectivity index (χ3n) is 2.74. The minimum Gasteiger partial charge on any atom is -0.481 e. The third kappa shape index (κ3) is 2.16. The number of nitrogens with zero attached hydrogens (tertiary/aromatic N) is 2. The summed E-state index contributed by atoms with van der Waals surface area (Å²) in [6.45, 7) is 6.30. The molecule has 3 N–H and O–H groups in total. The molecule has 0 spiro atoms. The van der Waals surface area contributed by atoms with Crippen LogP contribution in [0.1, 0.15) is 26.5 Å². The molecule has 5 heteroatoms. The second-order valence-electron chi connectivity index (χ2n) is 5.20. The van der Waals surface area contributed by atoms with Crippen molar-refractivity contribution < 1.29 is 4.74 Å². The Bertz CT molecular complexity index is 537. The van der Waals surface area contributed by atoms with E-state index in [2.05, 4.69) is 36.0 Å². The first-order valence-electron chi connectivity index (χ1n) is 5.78. The Hall–Kier alpha value is -2.04. The molecule has 0 saturated heterocycles. The van der Waals surface area contributed by atoms with E-state index in [0.29, 0.717) is 11.7 Å². The molecule has 96 valence electrons. The topological polar surface area (TPSA) is 76.8 Å². The van der Waals surface area contributed by atoms with E-state index in [1.54, 1.807) is 13.3 Å². The summed E-state index contributed by atoms with van der Waals surface area (Å²) < 4.78 is 5.05. The van der Waals surface area contributed by atoms with Gasteiger partial charge in [-0.15, -0.1) is 0 Å². The zero-order valence-electron chi connectivity index (χ0n) is 11.1. The number of hydrogen-bond acceptors (Lipinski definition) is 4. The molecule has 0 aliphatic rings. The van der Waals surface area contributed by atoms with Crippen molar-refractivity contribution in [3.8, 4) is 17.0 Å². The highest BCUT2D eigenvalue weighted by atomic mass is 16.5. The lowest BCUT2D eigenvalue weighted by Crippen LogP contribution is -2.13. The molecule has 0 aliphatic carbocycles. The van der Waals surface area contributed by atoms with E-state index in [0.717, 1.165) is 16.8 Å². The van der Waals surface area contributed by atoms with Gasteiger partial charge < -0.3 is 10.5 Å². The Morgan fingerprint density at radius 1 is 1.28 bits per heavy atom. The number of methoxy groups -OCH3 is 1. The molecule has 0 fully saturated rings. The Morgan fingerprint density at radius 3 is 2.50 bits per heavy atom. The van der Waals surface area contributed by atoms with E-state index < -0.39 is 0 Å². The summed E-state index contributed by atoms with van der Waals surface area (Å²) in [6.07, 6.45) is 1.75. The quantitative estimate of drug-likeness (QED) is 0.852. The van der Waals surface area contributed by atoms with Crippen LogP contribution in [0.3, 0.4) is 0 Å². The Morgan fingerprint density at radius 2 is 2.00 bits per heavy atom. The summed E-state index contributed by atoms with van der Waals surface area (Å²) in [7, 11) is 1.59. The summed E-state index contributed by atoms with van der Waals surface area (Å²) in [5.74, 6) is 1.14. The van der Waals surface area contributed by atoms with E-state index in [9.17, 15) is 0 Å². The molecule has 2 aromatic rings. The average molecular weight is 246 g/mol. The fourth-order valence-electron chi connectivity index (χ4n) is 1.84. The number of hydrogen-bond donors (Lipinski definition) is 2. The van der Waals surface area contributed by atoms with Gasteiger partial charge in [0.05, 0.1) is 12.8 Å². The number of nitrogens with one attached hydrogen (secondary N) is 1. The van der Waals surface area contributed by atoms with Crippen molar-refractivity contribution in [1.82, 2.24) is 15.2 Å². The van der Waals surface area contributed by atoms with Crippen LogP contribution in [0.25, 0.3) is 11.1 Å². The molecule has 2 heterocycles. The molecule has 0 atom stereocenters. The van der Waals surface area contributed by atoms with E-state index in [-0.39, 0.29) is 5.41 Å². The molecule has 0 amide bonds. The minimum absolute atomic E-state index is 0.0800. The highest BCUT2D eigenvalue weighted by Crippen LogP contribution is 2.35. The molecule has 2 aromatic heterocycles. The first-order chi connectivity index (χ1) is 8.43. The second kappa shape index (κ2) is 4.33. The van der Waals surface area contributed by atoms with Crippen molar-refractivity contribution >= 4 is 5.82 Å². The normalized spacial score (nSPS) is 11.6. The summed E-state index contributed by atoms with van der Waals surface area (Å²) in [5.41, 5.74) is 8.67. The molecule has 5 nitrogen and oxygen atoms in total. The van der Waals surface area contributed by atoms with Gasteiger partial charge >= 0.3 is 0 Å². The number of anilines is 1. The van der Waals surface area contributed by atoms with Gasteiger partial charge in [0, 0.05) is 28.8 Å². The number of ether oxygens (including phenoxy) is 1. The predicted octanol–water partition coefficient (Wildman–Crippen LogP) is 2.36. The molecule has 0 bridgehead atoms. The van der Waals surface area contributed by atoms with E-state index in [4.69, 9.17) is 10.5 Å². The van der Waals surface area contributed by atoms with Crippen LogP contribution in [0.4, 0.5) is 5.82 Å². The molecule has 0 aromatic carbocycles. The number of rotatable bonds is 2. The summed E-state index contributed by atoms with van der Waals surface area (Å²) in [5, 5.41) is 7.14. The van der Waals surface area contributed by atoms with Crippen molar-refractivity contribution in [2.75, 3.05) is 12.8 Å². The molecule has 0 radical (unpaired) electrons. The molecular formula is C13H18N4O. The lowest BCUT2D eigenvalue weighted by molar-refractivity contribution is 0.398. The van der Waals surface area contributed by atoms with Crippen LogP contribution >= 0.6 is 0 Å². The van der Waals surface area contributed by atoms with Gasteiger partial charge in [-0.2, -0.15) is 5.10 Å². The first kappa shape index (κ1) is 12.4. The SMILES string of the molecule is COc1ccc(-c2c(C(C)(C)C)n[nH]c2N)cn1. The Balaban J connectivity index is 2.52. The van der Waals surface area contributed by atoms with Gasteiger partial charge in [0.25, 0.3) is 0 Å². The number of pyridine rings is 1. The van der Waals surface area contributed by atoms with Crippen LogP contribution in [0.15, 0.2) is 18.3 Å². The lowest BCUT2D eigenvalue weighted by Gasteiger charge is -2.17.